The van der Waals surface area contributed by atoms with Gasteiger partial charge in [0.1, 0.15) is 17.2 Å². The van der Waals surface area contributed by atoms with Gasteiger partial charge in [0.05, 0.1) is 31.2 Å². The number of nitrogens with zero attached hydrogens (tertiary/aromatic N) is 1. The second kappa shape index (κ2) is 11.3. The monoisotopic (exact) mass is 461 g/mol. The minimum Gasteiger partial charge on any atom is -0.497 e. The molecule has 0 heterocycles. The summed E-state index contributed by atoms with van der Waals surface area (Å²) >= 11 is 0. The lowest BCUT2D eigenvalue weighted by molar-refractivity contribution is -0.136. The Balaban J connectivity index is 1.58. The van der Waals surface area contributed by atoms with E-state index < -0.39 is 17.8 Å². The van der Waals surface area contributed by atoms with Crippen molar-refractivity contribution in [1.82, 2.24) is 5.43 Å². The quantitative estimate of drug-likeness (QED) is 0.183. The van der Waals surface area contributed by atoms with E-state index in [9.17, 15) is 14.4 Å². The minimum absolute atomic E-state index is 0.338. The summed E-state index contributed by atoms with van der Waals surface area (Å²) < 4.78 is 15.6. The predicted octanol–water partition coefficient (Wildman–Crippen LogP) is 3.40. The van der Waals surface area contributed by atoms with Crippen LogP contribution in [-0.4, -0.2) is 37.7 Å². The van der Waals surface area contributed by atoms with Crippen LogP contribution in [0.1, 0.15) is 22.8 Å². The van der Waals surface area contributed by atoms with Gasteiger partial charge in [0.25, 0.3) is 0 Å². The zero-order chi connectivity index (χ0) is 24.5. The van der Waals surface area contributed by atoms with E-state index in [0.717, 1.165) is 0 Å². The average molecular weight is 461 g/mol. The zero-order valence-corrected chi connectivity index (χ0v) is 18.8. The number of carbonyl (C=O) groups is 3. The summed E-state index contributed by atoms with van der Waals surface area (Å²) in [7, 11) is 2.98. The van der Waals surface area contributed by atoms with E-state index in [4.69, 9.17) is 14.2 Å². The largest absolute Gasteiger partial charge is 0.497 e. The highest BCUT2D eigenvalue weighted by Crippen LogP contribution is 2.22. The van der Waals surface area contributed by atoms with Crippen LogP contribution in [0.25, 0.3) is 0 Å². The van der Waals surface area contributed by atoms with Gasteiger partial charge in [-0.15, -0.1) is 0 Å². The Morgan fingerprint density at radius 2 is 1.50 bits per heavy atom. The molecule has 0 atom stereocenters. The first-order valence-corrected chi connectivity index (χ1v) is 10.2. The number of methoxy groups -OCH3 is 2. The fourth-order valence-corrected chi connectivity index (χ4v) is 2.86. The Kier molecular flexibility index (Phi) is 7.96. The zero-order valence-electron chi connectivity index (χ0n) is 18.8. The molecule has 3 rings (SSSR count). The molecule has 2 N–H and O–H groups in total. The molecule has 0 saturated heterocycles. The second-order valence-corrected chi connectivity index (χ2v) is 6.94. The molecule has 34 heavy (non-hydrogen) atoms. The number of hydrazone groups is 1. The third-order valence-electron chi connectivity index (χ3n) is 4.67. The van der Waals surface area contributed by atoms with E-state index in [1.54, 1.807) is 79.7 Å². The van der Waals surface area contributed by atoms with E-state index in [1.807, 2.05) is 0 Å². The second-order valence-electron chi connectivity index (χ2n) is 6.94. The van der Waals surface area contributed by atoms with Crippen LogP contribution < -0.4 is 25.0 Å². The first-order valence-electron chi connectivity index (χ1n) is 10.2. The summed E-state index contributed by atoms with van der Waals surface area (Å²) in [5, 5.41) is 6.43. The molecule has 174 valence electrons. The van der Waals surface area contributed by atoms with Gasteiger partial charge >= 0.3 is 17.8 Å². The molecule has 0 radical (unpaired) electrons. The van der Waals surface area contributed by atoms with Gasteiger partial charge in [0.15, 0.2) is 0 Å². The molecule has 0 spiro atoms. The molecule has 2 amide bonds. The molecule has 0 aliphatic heterocycles. The van der Waals surface area contributed by atoms with Crippen LogP contribution in [-0.2, 0) is 9.59 Å². The molecule has 0 aliphatic rings. The van der Waals surface area contributed by atoms with Gasteiger partial charge in [-0.1, -0.05) is 18.2 Å². The maximum absolute atomic E-state index is 12.3. The molecular formula is C25H23N3O6. The third-order valence-corrected chi connectivity index (χ3v) is 4.67. The first kappa shape index (κ1) is 24.0. The summed E-state index contributed by atoms with van der Waals surface area (Å²) in [4.78, 5) is 36.6. The maximum Gasteiger partial charge on any atom is 0.343 e. The number of nitrogens with one attached hydrogen (secondary N) is 2. The maximum atomic E-state index is 12.3. The van der Waals surface area contributed by atoms with Crippen molar-refractivity contribution < 1.29 is 28.6 Å². The molecule has 9 nitrogen and oxygen atoms in total. The standard InChI is InChI=1S/C25H23N3O6/c1-16(27-28-24(30)23(29)26-21-9-4-5-10-22(21)33-3)17-11-13-19(14-12-17)34-25(31)18-7-6-8-20(15-18)32-2/h4-15H,1-3H3,(H,26,29)(H,28,30)/b27-16+. The van der Waals surface area contributed by atoms with Crippen molar-refractivity contribution in [3.8, 4) is 17.2 Å². The number of anilines is 1. The normalized spacial score (nSPS) is 10.7. The fraction of sp³-hybridized carbons (Fsp3) is 0.120. The molecule has 9 heteroatoms. The minimum atomic E-state index is -0.936. The lowest BCUT2D eigenvalue weighted by Gasteiger charge is -2.09. The Hall–Kier alpha value is -4.66. The Labute approximate surface area is 196 Å². The van der Waals surface area contributed by atoms with Crippen molar-refractivity contribution in [2.75, 3.05) is 19.5 Å². The van der Waals surface area contributed by atoms with E-state index >= 15 is 0 Å². The van der Waals surface area contributed by atoms with Crippen LogP contribution in [0.4, 0.5) is 5.69 Å². The predicted molar refractivity (Wildman–Crippen MR) is 126 cm³/mol. The average Bonchev–Trinajstić information content (AvgIpc) is 2.87. The van der Waals surface area contributed by atoms with Crippen LogP contribution in [0.2, 0.25) is 0 Å². The highest BCUT2D eigenvalue weighted by atomic mass is 16.5. The fourth-order valence-electron chi connectivity index (χ4n) is 2.86. The molecule has 3 aromatic rings. The SMILES string of the molecule is COc1cccc(C(=O)Oc2ccc(/C(C)=N/NC(=O)C(=O)Nc3ccccc3OC)cc2)c1. The topological polar surface area (TPSA) is 115 Å². The summed E-state index contributed by atoms with van der Waals surface area (Å²) in [6.07, 6.45) is 0. The van der Waals surface area contributed by atoms with E-state index in [0.29, 0.717) is 39.8 Å². The summed E-state index contributed by atoms with van der Waals surface area (Å²) in [6, 6.07) is 19.9. The Morgan fingerprint density at radius 1 is 0.765 bits per heavy atom. The number of ether oxygens (including phenoxy) is 3. The lowest BCUT2D eigenvalue weighted by atomic mass is 10.1. The molecule has 0 aliphatic carbocycles. The molecule has 3 aromatic carbocycles. The van der Waals surface area contributed by atoms with E-state index in [2.05, 4.69) is 15.8 Å². The van der Waals surface area contributed by atoms with Gasteiger partial charge in [-0.3, -0.25) is 9.59 Å². The highest BCUT2D eigenvalue weighted by Gasteiger charge is 2.15. The van der Waals surface area contributed by atoms with Gasteiger partial charge in [0, 0.05) is 0 Å². The number of hydrogen-bond donors (Lipinski definition) is 2. The van der Waals surface area contributed by atoms with Crippen LogP contribution >= 0.6 is 0 Å². The van der Waals surface area contributed by atoms with Gasteiger partial charge < -0.3 is 19.5 Å². The first-order chi connectivity index (χ1) is 16.4. The van der Waals surface area contributed by atoms with Crippen molar-refractivity contribution in [2.45, 2.75) is 6.92 Å². The van der Waals surface area contributed by atoms with Gasteiger partial charge in [-0.05, 0) is 67.1 Å². The van der Waals surface area contributed by atoms with Crippen molar-refractivity contribution in [2.24, 2.45) is 5.10 Å². The molecule has 0 unspecified atom stereocenters. The van der Waals surface area contributed by atoms with E-state index in [1.165, 1.54) is 14.2 Å². The van der Waals surface area contributed by atoms with Crippen LogP contribution in [0.3, 0.4) is 0 Å². The van der Waals surface area contributed by atoms with Gasteiger partial charge in [-0.2, -0.15) is 5.10 Å². The molecule has 0 fully saturated rings. The Morgan fingerprint density at radius 3 is 2.21 bits per heavy atom. The lowest BCUT2D eigenvalue weighted by Crippen LogP contribution is -2.33. The van der Waals surface area contributed by atoms with Crippen molar-refractivity contribution in [3.63, 3.8) is 0 Å². The number of esters is 1. The van der Waals surface area contributed by atoms with Crippen molar-refractivity contribution in [1.29, 1.82) is 0 Å². The number of hydrogen-bond acceptors (Lipinski definition) is 7. The van der Waals surface area contributed by atoms with Gasteiger partial charge in [0.2, 0.25) is 0 Å². The summed E-state index contributed by atoms with van der Waals surface area (Å²) in [5.41, 5.74) is 4.05. The van der Waals surface area contributed by atoms with Crippen molar-refractivity contribution in [3.05, 3.63) is 83.9 Å². The smallest absolute Gasteiger partial charge is 0.343 e. The number of amides is 2. The summed E-state index contributed by atoms with van der Waals surface area (Å²) in [5.74, 6) is -1.03. The molecule has 0 aromatic heterocycles. The number of rotatable bonds is 7. The summed E-state index contributed by atoms with van der Waals surface area (Å²) in [6.45, 7) is 1.66. The van der Waals surface area contributed by atoms with Crippen LogP contribution in [0, 0.1) is 0 Å². The van der Waals surface area contributed by atoms with Crippen molar-refractivity contribution >= 4 is 29.2 Å². The van der Waals surface area contributed by atoms with Crippen LogP contribution in [0.5, 0.6) is 17.2 Å². The molecule has 0 bridgehead atoms. The third kappa shape index (κ3) is 6.19. The van der Waals surface area contributed by atoms with Crippen LogP contribution in [0.15, 0.2) is 77.9 Å². The highest BCUT2D eigenvalue weighted by molar-refractivity contribution is 6.39. The Bertz CT molecular complexity index is 1220. The van der Waals surface area contributed by atoms with Gasteiger partial charge in [-0.25, -0.2) is 10.2 Å². The number of carbonyl (C=O) groups excluding carboxylic acids is 3. The number of benzene rings is 3. The number of para-hydroxylation sites is 2. The van der Waals surface area contributed by atoms with E-state index in [-0.39, 0.29) is 0 Å². The molecule has 0 saturated carbocycles. The molecular weight excluding hydrogens is 438 g/mol.